The fraction of sp³-hybridized carbons (Fsp3) is 0.458. The van der Waals surface area contributed by atoms with E-state index in [4.69, 9.17) is 14.2 Å². The standard InChI is InChI=1S/C24H28F3NO4/c1-2-30-23(29)5-3-4-22-17(14-15-28-22)16-31-19-10-12-21(13-11-19)32-20-8-6-18(7-9-20)24(25,26)27/h6-13,17,22,28H,2-5,14-16H2,1H3/t17-,22?/m1/s1. The summed E-state index contributed by atoms with van der Waals surface area (Å²) in [5.41, 5.74) is -0.714. The zero-order valence-electron chi connectivity index (χ0n) is 18.0. The summed E-state index contributed by atoms with van der Waals surface area (Å²) >= 11 is 0. The predicted molar refractivity (Wildman–Crippen MR) is 114 cm³/mol. The molecule has 3 rings (SSSR count). The van der Waals surface area contributed by atoms with Crippen molar-refractivity contribution in [3.8, 4) is 17.2 Å². The van der Waals surface area contributed by atoms with Gasteiger partial charge in [-0.15, -0.1) is 0 Å². The van der Waals surface area contributed by atoms with E-state index in [9.17, 15) is 18.0 Å². The van der Waals surface area contributed by atoms with Crippen LogP contribution >= 0.6 is 0 Å². The Morgan fingerprint density at radius 1 is 1.03 bits per heavy atom. The molecule has 1 aliphatic rings. The number of esters is 1. The van der Waals surface area contributed by atoms with Crippen molar-refractivity contribution in [1.82, 2.24) is 5.32 Å². The molecule has 1 fully saturated rings. The van der Waals surface area contributed by atoms with E-state index in [-0.39, 0.29) is 5.97 Å². The normalized spacial score (nSPS) is 18.4. The summed E-state index contributed by atoms with van der Waals surface area (Å²) < 4.78 is 54.4. The van der Waals surface area contributed by atoms with E-state index in [1.54, 1.807) is 31.2 Å². The molecule has 5 nitrogen and oxygen atoms in total. The van der Waals surface area contributed by atoms with Gasteiger partial charge in [-0.25, -0.2) is 0 Å². The number of hydrogen-bond acceptors (Lipinski definition) is 5. The van der Waals surface area contributed by atoms with E-state index in [0.717, 1.165) is 37.9 Å². The maximum atomic E-state index is 12.6. The molecule has 1 unspecified atom stereocenters. The van der Waals surface area contributed by atoms with Gasteiger partial charge in [0.1, 0.15) is 17.2 Å². The lowest BCUT2D eigenvalue weighted by atomic mass is 9.97. The fourth-order valence-electron chi connectivity index (χ4n) is 3.71. The molecular weight excluding hydrogens is 423 g/mol. The van der Waals surface area contributed by atoms with Crippen molar-refractivity contribution >= 4 is 5.97 Å². The Kier molecular flexibility index (Phi) is 8.39. The van der Waals surface area contributed by atoms with Crippen LogP contribution in [0.25, 0.3) is 0 Å². The highest BCUT2D eigenvalue weighted by molar-refractivity contribution is 5.69. The van der Waals surface area contributed by atoms with Crippen LogP contribution in [-0.4, -0.2) is 31.8 Å². The Morgan fingerprint density at radius 2 is 1.66 bits per heavy atom. The lowest BCUT2D eigenvalue weighted by Gasteiger charge is -2.20. The average molecular weight is 451 g/mol. The molecule has 1 saturated heterocycles. The van der Waals surface area contributed by atoms with Crippen LogP contribution < -0.4 is 14.8 Å². The van der Waals surface area contributed by atoms with Crippen molar-refractivity contribution in [1.29, 1.82) is 0 Å². The smallest absolute Gasteiger partial charge is 0.416 e. The molecule has 0 aliphatic carbocycles. The molecule has 0 aromatic heterocycles. The monoisotopic (exact) mass is 451 g/mol. The number of carbonyl (C=O) groups is 1. The minimum atomic E-state index is -4.37. The van der Waals surface area contributed by atoms with E-state index in [0.29, 0.717) is 48.8 Å². The number of benzene rings is 2. The number of carbonyl (C=O) groups excluding carboxylic acids is 1. The third kappa shape index (κ3) is 7.15. The SMILES string of the molecule is CCOC(=O)CCCC1NCC[C@@H]1COc1ccc(Oc2ccc(C(F)(F)F)cc2)cc1. The summed E-state index contributed by atoms with van der Waals surface area (Å²) in [6, 6.07) is 11.9. The van der Waals surface area contributed by atoms with E-state index < -0.39 is 11.7 Å². The van der Waals surface area contributed by atoms with Gasteiger partial charge in [-0.05, 0) is 81.3 Å². The molecule has 0 spiro atoms. The van der Waals surface area contributed by atoms with Crippen molar-refractivity contribution in [2.45, 2.75) is 44.8 Å². The van der Waals surface area contributed by atoms with Gasteiger partial charge in [-0.3, -0.25) is 4.79 Å². The summed E-state index contributed by atoms with van der Waals surface area (Å²) in [7, 11) is 0. The summed E-state index contributed by atoms with van der Waals surface area (Å²) in [6.45, 7) is 3.70. The molecule has 174 valence electrons. The van der Waals surface area contributed by atoms with E-state index in [1.807, 2.05) is 0 Å². The second kappa shape index (κ2) is 11.2. The Labute approximate surface area is 185 Å². The van der Waals surface area contributed by atoms with Crippen LogP contribution in [0.15, 0.2) is 48.5 Å². The lowest BCUT2D eigenvalue weighted by Crippen LogP contribution is -2.30. The van der Waals surface area contributed by atoms with E-state index in [1.165, 1.54) is 12.1 Å². The second-order valence-corrected chi connectivity index (χ2v) is 7.71. The number of halogens is 3. The maximum Gasteiger partial charge on any atom is 0.416 e. The molecule has 1 heterocycles. The van der Waals surface area contributed by atoms with Crippen molar-refractivity contribution < 1.29 is 32.2 Å². The number of nitrogens with one attached hydrogen (secondary N) is 1. The first kappa shape index (κ1) is 23.9. The summed E-state index contributed by atoms with van der Waals surface area (Å²) in [4.78, 5) is 11.5. The molecule has 2 aromatic rings. The van der Waals surface area contributed by atoms with Gasteiger partial charge in [0.25, 0.3) is 0 Å². The van der Waals surface area contributed by atoms with Gasteiger partial charge in [0.2, 0.25) is 0 Å². The molecule has 0 bridgehead atoms. The predicted octanol–water partition coefficient (Wildman–Crippen LogP) is 5.59. The van der Waals surface area contributed by atoms with Crippen LogP contribution in [-0.2, 0) is 15.7 Å². The molecular formula is C24H28F3NO4. The highest BCUT2D eigenvalue weighted by Crippen LogP contribution is 2.32. The fourth-order valence-corrected chi connectivity index (χ4v) is 3.71. The number of rotatable bonds is 10. The van der Waals surface area contributed by atoms with Crippen LogP contribution in [0.4, 0.5) is 13.2 Å². The van der Waals surface area contributed by atoms with Gasteiger partial charge >= 0.3 is 12.1 Å². The molecule has 0 amide bonds. The summed E-state index contributed by atoms with van der Waals surface area (Å²) in [5, 5.41) is 3.48. The number of hydrogen-bond donors (Lipinski definition) is 1. The van der Waals surface area contributed by atoms with Crippen molar-refractivity contribution in [2.75, 3.05) is 19.8 Å². The molecule has 1 N–H and O–H groups in total. The third-order valence-electron chi connectivity index (χ3n) is 5.40. The minimum Gasteiger partial charge on any atom is -0.493 e. The first-order valence-electron chi connectivity index (χ1n) is 10.8. The summed E-state index contributed by atoms with van der Waals surface area (Å²) in [5.74, 6) is 1.74. The molecule has 1 aliphatic heterocycles. The highest BCUT2D eigenvalue weighted by Gasteiger charge is 2.30. The van der Waals surface area contributed by atoms with Gasteiger partial charge in [-0.1, -0.05) is 0 Å². The van der Waals surface area contributed by atoms with Crippen LogP contribution in [0, 0.1) is 5.92 Å². The Morgan fingerprint density at radius 3 is 2.28 bits per heavy atom. The maximum absolute atomic E-state index is 12.6. The Balaban J connectivity index is 1.44. The molecule has 8 heteroatoms. The van der Waals surface area contributed by atoms with Gasteiger partial charge in [0, 0.05) is 18.4 Å². The average Bonchev–Trinajstić information content (AvgIpc) is 3.20. The van der Waals surface area contributed by atoms with Crippen LogP contribution in [0.1, 0.15) is 38.2 Å². The molecule has 2 aromatic carbocycles. The first-order valence-corrected chi connectivity index (χ1v) is 10.8. The topological polar surface area (TPSA) is 56.8 Å². The Bertz CT molecular complexity index is 853. The minimum absolute atomic E-state index is 0.156. The van der Waals surface area contributed by atoms with Crippen LogP contribution in [0.2, 0.25) is 0 Å². The van der Waals surface area contributed by atoms with E-state index in [2.05, 4.69) is 5.32 Å². The molecule has 0 radical (unpaired) electrons. The third-order valence-corrected chi connectivity index (χ3v) is 5.40. The van der Waals surface area contributed by atoms with Crippen LogP contribution in [0.5, 0.6) is 17.2 Å². The lowest BCUT2D eigenvalue weighted by molar-refractivity contribution is -0.143. The first-order chi connectivity index (χ1) is 15.3. The molecule has 0 saturated carbocycles. The summed E-state index contributed by atoms with van der Waals surface area (Å²) in [6.07, 6.45) is -1.25. The second-order valence-electron chi connectivity index (χ2n) is 7.71. The van der Waals surface area contributed by atoms with Crippen molar-refractivity contribution in [3.63, 3.8) is 0 Å². The van der Waals surface area contributed by atoms with Crippen molar-refractivity contribution in [3.05, 3.63) is 54.1 Å². The number of alkyl halides is 3. The van der Waals surface area contributed by atoms with Gasteiger partial charge in [0.15, 0.2) is 0 Å². The van der Waals surface area contributed by atoms with Gasteiger partial charge in [-0.2, -0.15) is 13.2 Å². The zero-order chi connectivity index (χ0) is 23.0. The number of ether oxygens (including phenoxy) is 3. The quantitative estimate of drug-likeness (QED) is 0.478. The molecule has 2 atom stereocenters. The van der Waals surface area contributed by atoms with Crippen LogP contribution in [0.3, 0.4) is 0 Å². The zero-order valence-corrected chi connectivity index (χ0v) is 18.0. The highest BCUT2D eigenvalue weighted by atomic mass is 19.4. The molecule has 32 heavy (non-hydrogen) atoms. The van der Waals surface area contributed by atoms with Crippen molar-refractivity contribution in [2.24, 2.45) is 5.92 Å². The van der Waals surface area contributed by atoms with Gasteiger partial charge < -0.3 is 19.5 Å². The van der Waals surface area contributed by atoms with Gasteiger partial charge in [0.05, 0.1) is 18.8 Å². The largest absolute Gasteiger partial charge is 0.493 e. The Hall–Kier alpha value is -2.74. The van der Waals surface area contributed by atoms with E-state index >= 15 is 0 Å².